The van der Waals surface area contributed by atoms with E-state index in [0.717, 1.165) is 86.2 Å². The van der Waals surface area contributed by atoms with Gasteiger partial charge in [-0.3, -0.25) is 0 Å². The topological polar surface area (TPSA) is 0 Å². The summed E-state index contributed by atoms with van der Waals surface area (Å²) in [6.45, 7) is 25.0. The number of halogens is 1. The van der Waals surface area contributed by atoms with Crippen LogP contribution in [0.2, 0.25) is 0 Å². The highest BCUT2D eigenvalue weighted by Crippen LogP contribution is 2.57. The van der Waals surface area contributed by atoms with Crippen LogP contribution in [-0.4, -0.2) is 0 Å². The maximum Gasteiger partial charge on any atom is 0.123 e. The Morgan fingerprint density at radius 3 is 0.507 bits per heavy atom. The summed E-state index contributed by atoms with van der Waals surface area (Å²) in [6.07, 6.45) is 46.0. The van der Waals surface area contributed by atoms with E-state index in [-0.39, 0.29) is 27.5 Å². The van der Waals surface area contributed by atoms with Crippen molar-refractivity contribution in [3.63, 3.8) is 0 Å². The number of benzene rings is 14. The van der Waals surface area contributed by atoms with Gasteiger partial charge in [-0.1, -0.05) is 505 Å². The molecule has 0 unspecified atom stereocenters. The van der Waals surface area contributed by atoms with Crippen LogP contribution in [0.25, 0.3) is 22.3 Å². The van der Waals surface area contributed by atoms with Gasteiger partial charge in [0.1, 0.15) is 5.82 Å². The molecule has 144 heavy (non-hydrogen) atoms. The molecule has 1 heteroatoms. The van der Waals surface area contributed by atoms with Gasteiger partial charge >= 0.3 is 0 Å². The van der Waals surface area contributed by atoms with Crippen molar-refractivity contribution < 1.29 is 4.39 Å². The SMILES string of the molecule is CCc1ccc(C(c2ccc(CC)cc2)(c2ccc(-c3ccc(C)cc3)cc2)C2CCCCC2)cc1.CCc1ccc(C(c2ccc(CC)cc2)(c2ccc(-c3ccc(F)cc3)cc2)C2CCCCC2)cc1.CCc1ccc(C(c2ccc(CC)cc2)(c2ccc(C3CCC(C)CC3)cc2)C2CCCCC2)cc1.CCc1ccc(C(c2ccc(CC)cc2)(c2ccc(C3CCC(C)CC3)cc2)C2CCCCC2)cc1. The predicted octanol–water partition coefficient (Wildman–Crippen LogP) is 39.3. The van der Waals surface area contributed by atoms with Crippen molar-refractivity contribution in [2.75, 3.05) is 0 Å². The molecule has 748 valence electrons. The van der Waals surface area contributed by atoms with Crippen LogP contribution < -0.4 is 0 Å². The quantitative estimate of drug-likeness (QED) is 0.0429. The highest BCUT2D eigenvalue weighted by Gasteiger charge is 2.49. The first kappa shape index (κ1) is 104. The average Bonchev–Trinajstić information content (AvgIpc) is 0.744. The van der Waals surface area contributed by atoms with E-state index in [9.17, 15) is 4.39 Å². The Morgan fingerprint density at radius 2 is 0.333 bits per heavy atom. The molecule has 0 spiro atoms. The molecule has 0 radical (unpaired) electrons. The second-order valence-corrected chi connectivity index (χ2v) is 44.7. The number of rotatable bonds is 28. The van der Waals surface area contributed by atoms with Gasteiger partial charge in [-0.15, -0.1) is 0 Å². The molecule has 14 aromatic rings. The van der Waals surface area contributed by atoms with Crippen molar-refractivity contribution >= 4 is 0 Å². The fourth-order valence-electron chi connectivity index (χ4n) is 27.5. The Labute approximate surface area is 870 Å². The largest absolute Gasteiger partial charge is 0.207 e. The molecule has 6 aliphatic rings. The van der Waals surface area contributed by atoms with Gasteiger partial charge < -0.3 is 0 Å². The third-order valence-electron chi connectivity index (χ3n) is 36.4. The maximum atomic E-state index is 13.5. The Kier molecular flexibility index (Phi) is 36.2. The lowest BCUT2D eigenvalue weighted by molar-refractivity contribution is 0.271. The van der Waals surface area contributed by atoms with Gasteiger partial charge in [-0.2, -0.15) is 0 Å². The molecule has 6 fully saturated rings. The minimum Gasteiger partial charge on any atom is -0.207 e. The van der Waals surface area contributed by atoms with Gasteiger partial charge in [-0.05, 0) is 339 Å². The molecule has 6 aliphatic carbocycles. The van der Waals surface area contributed by atoms with Gasteiger partial charge in [-0.25, -0.2) is 4.39 Å². The Balaban J connectivity index is 0.000000132. The molecule has 0 saturated heterocycles. The van der Waals surface area contributed by atoms with Gasteiger partial charge in [0, 0.05) is 21.7 Å². The van der Waals surface area contributed by atoms with Crippen molar-refractivity contribution in [2.24, 2.45) is 35.5 Å². The summed E-state index contributed by atoms with van der Waals surface area (Å²) in [4.78, 5) is 0. The molecule has 0 aromatic heterocycles. The van der Waals surface area contributed by atoms with E-state index < -0.39 is 0 Å². The summed E-state index contributed by atoms with van der Waals surface area (Å²) in [5, 5.41) is 0. The number of aryl methyl sites for hydroxylation is 9. The zero-order chi connectivity index (χ0) is 99.8. The van der Waals surface area contributed by atoms with Gasteiger partial charge in [0.2, 0.25) is 0 Å². The second-order valence-electron chi connectivity index (χ2n) is 44.7. The second kappa shape index (κ2) is 49.9. The third kappa shape index (κ3) is 23.2. The molecular formula is C143H169F. The van der Waals surface area contributed by atoms with Crippen LogP contribution in [0.4, 0.5) is 4.39 Å². The molecule has 6 saturated carbocycles. The Morgan fingerprint density at radius 1 is 0.181 bits per heavy atom. The first-order valence-electron chi connectivity index (χ1n) is 57.6. The zero-order valence-corrected chi connectivity index (χ0v) is 89.8. The zero-order valence-electron chi connectivity index (χ0n) is 89.8. The van der Waals surface area contributed by atoms with Crippen molar-refractivity contribution in [3.05, 3.63) is 473 Å². The minimum atomic E-state index is -0.197. The van der Waals surface area contributed by atoms with Crippen LogP contribution in [0.1, 0.15) is 389 Å². The van der Waals surface area contributed by atoms with Gasteiger partial charge in [0.15, 0.2) is 0 Å². The van der Waals surface area contributed by atoms with Crippen molar-refractivity contribution in [3.8, 4) is 22.3 Å². The highest BCUT2D eigenvalue weighted by atomic mass is 19.1. The van der Waals surface area contributed by atoms with Crippen molar-refractivity contribution in [1.29, 1.82) is 0 Å². The van der Waals surface area contributed by atoms with Crippen molar-refractivity contribution in [2.45, 2.75) is 341 Å². The standard InChI is InChI=1S/2C36H46.C36H40.C35H37F/c3*1-4-28-13-21-33(22-14-28)36(32-9-7-6-8-10-32,34-23-15-29(5-2)16-24-34)35-25-19-31(20-26-35)30-17-11-27(3)12-18-30;1-3-26-10-18-31(19-11-26)35(30-8-6-5-7-9-30,32-20-12-27(4-2)13-21-32)33-22-14-28(15-23-33)29-16-24-34(36)25-17-29/h2*13-16,19-27,30,32H,4-12,17-18H2,1-3H3;11-26,32H,4-10H2,1-3H3;10-25,30H,3-9H2,1-2H3. The molecule has 0 heterocycles. The van der Waals surface area contributed by atoms with E-state index in [1.807, 2.05) is 12.1 Å². The van der Waals surface area contributed by atoms with Crippen LogP contribution in [0.5, 0.6) is 0 Å². The van der Waals surface area contributed by atoms with Crippen LogP contribution in [-0.2, 0) is 73.0 Å². The third-order valence-corrected chi connectivity index (χ3v) is 36.4. The Hall–Kier alpha value is -11.0. The summed E-state index contributed by atoms with van der Waals surface area (Å²) in [5.41, 5.74) is 37.4. The lowest BCUT2D eigenvalue weighted by atomic mass is 9.58. The van der Waals surface area contributed by atoms with E-state index in [1.54, 1.807) is 23.3 Å². The highest BCUT2D eigenvalue weighted by molar-refractivity contribution is 5.68. The van der Waals surface area contributed by atoms with Crippen LogP contribution >= 0.6 is 0 Å². The van der Waals surface area contributed by atoms with Crippen LogP contribution in [0, 0.1) is 48.2 Å². The average molecular weight is 1910 g/mol. The molecule has 0 amide bonds. The molecule has 0 N–H and O–H groups in total. The fraction of sp³-hybridized carbons (Fsp3) is 0.413. The van der Waals surface area contributed by atoms with Gasteiger partial charge in [0.05, 0.1) is 0 Å². The maximum absolute atomic E-state index is 13.5. The Bertz CT molecular complexity index is 5600. The smallest absolute Gasteiger partial charge is 0.123 e. The van der Waals surface area contributed by atoms with E-state index in [2.05, 4.69) is 392 Å². The summed E-state index contributed by atoms with van der Waals surface area (Å²) in [6, 6.07) is 131. The molecular weight excluding hydrogens is 1740 g/mol. The monoisotopic (exact) mass is 1910 g/mol. The number of hydrogen-bond donors (Lipinski definition) is 0. The number of hydrogen-bond acceptors (Lipinski definition) is 0. The van der Waals surface area contributed by atoms with E-state index >= 15 is 0 Å². The van der Waals surface area contributed by atoms with E-state index in [4.69, 9.17) is 0 Å². The first-order chi connectivity index (χ1) is 70.6. The van der Waals surface area contributed by atoms with Crippen LogP contribution in [0.15, 0.2) is 340 Å². The molecule has 0 nitrogen and oxygen atoms in total. The molecule has 14 aromatic carbocycles. The molecule has 20 rings (SSSR count). The lowest BCUT2D eigenvalue weighted by Crippen LogP contribution is -2.39. The van der Waals surface area contributed by atoms with E-state index in [1.165, 1.54) is 308 Å². The van der Waals surface area contributed by atoms with Gasteiger partial charge in [0.25, 0.3) is 0 Å². The molecule has 0 bridgehead atoms. The normalized spacial score (nSPS) is 18.0. The summed E-state index contributed by atoms with van der Waals surface area (Å²) >= 11 is 0. The minimum absolute atomic E-state index is 0.0848. The fourth-order valence-corrected chi connectivity index (χ4v) is 27.5. The van der Waals surface area contributed by atoms with Crippen molar-refractivity contribution in [1.82, 2.24) is 0 Å². The molecule has 0 aliphatic heterocycles. The summed E-state index contributed by atoms with van der Waals surface area (Å²) < 4.78 is 13.5. The van der Waals surface area contributed by atoms with E-state index in [0.29, 0.717) is 23.7 Å². The molecule has 0 atom stereocenters. The summed E-state index contributed by atoms with van der Waals surface area (Å²) in [5.74, 6) is 5.49. The van der Waals surface area contributed by atoms with Crippen LogP contribution in [0.3, 0.4) is 0 Å². The summed E-state index contributed by atoms with van der Waals surface area (Å²) in [7, 11) is 0. The predicted molar refractivity (Wildman–Crippen MR) is 614 cm³/mol. The first-order valence-corrected chi connectivity index (χ1v) is 57.6. The lowest BCUT2D eigenvalue weighted by Gasteiger charge is -2.45.